The zero-order valence-corrected chi connectivity index (χ0v) is 12.7. The van der Waals surface area contributed by atoms with E-state index < -0.39 is 33.2 Å². The van der Waals surface area contributed by atoms with E-state index >= 15 is 0 Å². The van der Waals surface area contributed by atoms with E-state index in [4.69, 9.17) is 5.11 Å². The average molecular weight is 362 g/mol. The molecule has 0 saturated carbocycles. The summed E-state index contributed by atoms with van der Waals surface area (Å²) in [5, 5.41) is 34.0. The zero-order valence-electron chi connectivity index (χ0n) is 11.0. The van der Waals surface area contributed by atoms with E-state index in [2.05, 4.69) is 5.32 Å². The quantitative estimate of drug-likeness (QED) is 0.410. The van der Waals surface area contributed by atoms with Crippen molar-refractivity contribution < 1.29 is 19.7 Å². The van der Waals surface area contributed by atoms with Gasteiger partial charge < -0.3 is 0 Å². The molecule has 1 rings (SSSR count). The van der Waals surface area contributed by atoms with Gasteiger partial charge in [-0.25, -0.2) is 0 Å². The number of carboxylic acids is 1. The van der Waals surface area contributed by atoms with Crippen molar-refractivity contribution in [2.75, 3.05) is 5.32 Å². The van der Waals surface area contributed by atoms with Crippen LogP contribution in [0.15, 0.2) is 18.2 Å². The number of carbonyl (C=O) groups is 1. The third-order valence-electron chi connectivity index (χ3n) is 2.63. The van der Waals surface area contributed by atoms with Crippen LogP contribution in [0.2, 0.25) is 11.1 Å². The second-order valence-corrected chi connectivity index (χ2v) is 6.10. The molecule has 0 saturated heterocycles. The topological polar surface area (TPSA) is 136 Å². The third-order valence-corrected chi connectivity index (χ3v) is 3.98. The fourth-order valence-electron chi connectivity index (χ4n) is 1.59. The van der Waals surface area contributed by atoms with Crippen molar-refractivity contribution in [1.29, 1.82) is 0 Å². The van der Waals surface area contributed by atoms with E-state index in [1.807, 2.05) is 5.82 Å². The molecule has 114 valence electrons. The molecule has 0 heterocycles. The molecule has 1 atom stereocenters. The monoisotopic (exact) mass is 363 g/mol. The van der Waals surface area contributed by atoms with Crippen molar-refractivity contribution in [1.82, 2.24) is 0 Å². The van der Waals surface area contributed by atoms with Crippen LogP contribution in [0.3, 0.4) is 0 Å². The van der Waals surface area contributed by atoms with Gasteiger partial charge in [0.25, 0.3) is 0 Å². The first-order valence-electron chi connectivity index (χ1n) is 5.78. The summed E-state index contributed by atoms with van der Waals surface area (Å²) in [5.41, 5.74) is -0.977. The Bertz CT molecular complexity index is 565. The first-order valence-corrected chi connectivity index (χ1v) is 8.70. The Hall–Kier alpha value is -2.19. The van der Waals surface area contributed by atoms with Crippen LogP contribution in [0.1, 0.15) is 6.42 Å². The second kappa shape index (κ2) is 7.55. The number of nitrogens with one attached hydrogen (secondary N) is 1. The number of nitrogens with zero attached hydrogens (tertiary/aromatic N) is 2. The Labute approximate surface area is 125 Å². The van der Waals surface area contributed by atoms with E-state index in [1.165, 1.54) is 0 Å². The molecule has 21 heavy (non-hydrogen) atoms. The minimum atomic E-state index is -1.12. The number of hydrogen-bond acceptors (Lipinski definition) is 6. The number of aliphatic carboxylic acids is 1. The van der Waals surface area contributed by atoms with Crippen molar-refractivity contribution in [3.8, 4) is 0 Å². The Kier molecular flexibility index (Phi) is 6.07. The van der Waals surface area contributed by atoms with Gasteiger partial charge in [0.1, 0.15) is 0 Å². The fourth-order valence-corrected chi connectivity index (χ4v) is 2.58. The van der Waals surface area contributed by atoms with Crippen LogP contribution in [0, 0.1) is 20.2 Å². The number of hydrogen-bond donors (Lipinski definition) is 2. The fraction of sp³-hybridized carbons (Fsp3) is 0.364. The standard InChI is InChI=1S/C11H13N3O6Se/c1-21-5-4-9(11(15)16)12-8-3-2-7(13(17)18)6-10(8)14(19)20/h2-3,6,9,12H,4-5H2,1H3,(H,15,16)/t9-/m0/s1. The molecular formula is C11H13N3O6Se. The van der Waals surface area contributed by atoms with Crippen LogP contribution < -0.4 is 5.32 Å². The normalized spacial score (nSPS) is 11.7. The first-order chi connectivity index (χ1) is 9.86. The van der Waals surface area contributed by atoms with Crippen LogP contribution in [0.4, 0.5) is 17.1 Å². The van der Waals surface area contributed by atoms with Crippen molar-refractivity contribution in [3.63, 3.8) is 0 Å². The number of carboxylic acid groups (broad SMARTS) is 1. The number of nitro benzene ring substituents is 2. The van der Waals surface area contributed by atoms with Crippen LogP contribution >= 0.6 is 0 Å². The molecule has 0 bridgehead atoms. The first kappa shape index (κ1) is 16.9. The number of rotatable bonds is 8. The van der Waals surface area contributed by atoms with Crippen LogP contribution in [0.5, 0.6) is 0 Å². The molecule has 0 radical (unpaired) electrons. The van der Waals surface area contributed by atoms with Crippen molar-refractivity contribution in [2.45, 2.75) is 23.6 Å². The molecule has 0 aliphatic heterocycles. The molecule has 0 fully saturated rings. The predicted octanol–water partition coefficient (Wildman–Crippen LogP) is 1.93. The minimum absolute atomic E-state index is 0.0402. The predicted molar refractivity (Wildman–Crippen MR) is 75.8 cm³/mol. The van der Waals surface area contributed by atoms with E-state index in [0.29, 0.717) is 11.7 Å². The van der Waals surface area contributed by atoms with Gasteiger partial charge in [-0.2, -0.15) is 0 Å². The SMILES string of the molecule is C[Se]CC[C@H](Nc1ccc([N+](=O)[O-])cc1[N+](=O)[O-])C(=O)O. The van der Waals surface area contributed by atoms with E-state index in [9.17, 15) is 25.0 Å². The van der Waals surface area contributed by atoms with Gasteiger partial charge in [-0.3, -0.25) is 0 Å². The Balaban J connectivity index is 3.07. The summed E-state index contributed by atoms with van der Waals surface area (Å²) >= 11 is 0.288. The maximum absolute atomic E-state index is 11.1. The number of non-ortho nitro benzene ring substituents is 1. The van der Waals surface area contributed by atoms with E-state index in [1.54, 1.807) is 0 Å². The Morgan fingerprint density at radius 1 is 1.38 bits per heavy atom. The number of nitro groups is 2. The van der Waals surface area contributed by atoms with Crippen molar-refractivity contribution >= 4 is 38.0 Å². The molecular weight excluding hydrogens is 349 g/mol. The summed E-state index contributed by atoms with van der Waals surface area (Å²) in [6, 6.07) is 2.10. The molecule has 0 unspecified atom stereocenters. The van der Waals surface area contributed by atoms with Crippen molar-refractivity contribution in [2.24, 2.45) is 0 Å². The van der Waals surface area contributed by atoms with Gasteiger partial charge in [-0.1, -0.05) is 0 Å². The zero-order chi connectivity index (χ0) is 16.0. The van der Waals surface area contributed by atoms with Gasteiger partial charge in [0, 0.05) is 0 Å². The molecule has 1 aromatic rings. The van der Waals surface area contributed by atoms with Crippen LogP contribution in [0.25, 0.3) is 0 Å². The molecule has 0 aliphatic carbocycles. The van der Waals surface area contributed by atoms with E-state index in [0.717, 1.165) is 18.2 Å². The van der Waals surface area contributed by atoms with Gasteiger partial charge in [0.15, 0.2) is 0 Å². The maximum atomic E-state index is 11.1. The average Bonchev–Trinajstić information content (AvgIpc) is 2.42. The summed E-state index contributed by atoms with van der Waals surface area (Å²) in [7, 11) is 0. The molecule has 10 heteroatoms. The molecule has 9 nitrogen and oxygen atoms in total. The summed E-state index contributed by atoms with van der Waals surface area (Å²) in [6.07, 6.45) is 0.333. The summed E-state index contributed by atoms with van der Waals surface area (Å²) in [6.45, 7) is 0. The van der Waals surface area contributed by atoms with Gasteiger partial charge in [0.2, 0.25) is 0 Å². The van der Waals surface area contributed by atoms with Gasteiger partial charge in [-0.05, 0) is 0 Å². The summed E-state index contributed by atoms with van der Waals surface area (Å²) in [4.78, 5) is 31.2. The molecule has 0 amide bonds. The van der Waals surface area contributed by atoms with Crippen LogP contribution in [-0.4, -0.2) is 41.9 Å². The third kappa shape index (κ3) is 4.69. The Morgan fingerprint density at radius 2 is 2.05 bits per heavy atom. The molecule has 1 aromatic carbocycles. The van der Waals surface area contributed by atoms with Gasteiger partial charge in [-0.15, -0.1) is 0 Å². The van der Waals surface area contributed by atoms with Crippen LogP contribution in [-0.2, 0) is 4.79 Å². The van der Waals surface area contributed by atoms with Crippen molar-refractivity contribution in [3.05, 3.63) is 38.4 Å². The molecule has 0 spiro atoms. The second-order valence-electron chi connectivity index (χ2n) is 4.03. The number of benzene rings is 1. The molecule has 2 N–H and O–H groups in total. The Morgan fingerprint density at radius 3 is 2.52 bits per heavy atom. The van der Waals surface area contributed by atoms with Gasteiger partial charge in [0.05, 0.1) is 0 Å². The summed E-state index contributed by atoms with van der Waals surface area (Å²) < 4.78 is 0. The summed E-state index contributed by atoms with van der Waals surface area (Å²) in [5.74, 6) is 0.840. The van der Waals surface area contributed by atoms with E-state index in [-0.39, 0.29) is 20.6 Å². The van der Waals surface area contributed by atoms with Gasteiger partial charge >= 0.3 is 125 Å². The molecule has 0 aliphatic rings. The number of anilines is 1. The molecule has 0 aromatic heterocycles.